The van der Waals surface area contributed by atoms with E-state index in [1.54, 1.807) is 17.1 Å². The molecule has 0 radical (unpaired) electrons. The van der Waals surface area contributed by atoms with Gasteiger partial charge in [-0.05, 0) is 56.4 Å². The summed E-state index contributed by atoms with van der Waals surface area (Å²) in [7, 11) is 4.18. The Morgan fingerprint density at radius 1 is 1.08 bits per heavy atom. The van der Waals surface area contributed by atoms with Crippen LogP contribution in [0.4, 0.5) is 23.2 Å². The number of alkyl halides is 4. The molecule has 2 fully saturated rings. The van der Waals surface area contributed by atoms with Crippen LogP contribution in [0.3, 0.4) is 0 Å². The van der Waals surface area contributed by atoms with E-state index in [2.05, 4.69) is 69.3 Å². The SMILES string of the molecule is CN(C)[C@H]1C[C@@H](N2CC(n3nnc(Cn4cc(NC(=O)c5cnn6cccnc56)c(-c5cc(OC(F)F)ccc5OC(F)F)n4)n3)C2)C1. The summed E-state index contributed by atoms with van der Waals surface area (Å²) in [4.78, 5) is 23.8. The molecule has 19 heteroatoms. The highest BCUT2D eigenvalue weighted by molar-refractivity contribution is 6.09. The van der Waals surface area contributed by atoms with E-state index in [0.29, 0.717) is 17.9 Å². The van der Waals surface area contributed by atoms with E-state index in [-0.39, 0.29) is 52.2 Å². The fourth-order valence-corrected chi connectivity index (χ4v) is 5.87. The van der Waals surface area contributed by atoms with Gasteiger partial charge in [-0.3, -0.25) is 14.4 Å². The summed E-state index contributed by atoms with van der Waals surface area (Å²) in [6.07, 6.45) is 8.12. The van der Waals surface area contributed by atoms with Gasteiger partial charge in [0.2, 0.25) is 0 Å². The van der Waals surface area contributed by atoms with Gasteiger partial charge < -0.3 is 19.7 Å². The Labute approximate surface area is 270 Å². The Kier molecular flexibility index (Phi) is 8.38. The predicted octanol–water partition coefficient (Wildman–Crippen LogP) is 3.03. The number of hydrogen-bond acceptors (Lipinski definition) is 11. The molecule has 1 aromatic carbocycles. The predicted molar refractivity (Wildman–Crippen MR) is 160 cm³/mol. The average Bonchev–Trinajstić information content (AvgIpc) is 3.72. The number of aromatic nitrogens is 9. The van der Waals surface area contributed by atoms with Crippen molar-refractivity contribution >= 4 is 17.2 Å². The van der Waals surface area contributed by atoms with E-state index in [9.17, 15) is 22.4 Å². The Morgan fingerprint density at radius 3 is 2.62 bits per heavy atom. The van der Waals surface area contributed by atoms with Crippen molar-refractivity contribution in [3.05, 3.63) is 60.4 Å². The Hall–Kier alpha value is -5.17. The van der Waals surface area contributed by atoms with Gasteiger partial charge in [0, 0.05) is 43.8 Å². The third-order valence-electron chi connectivity index (χ3n) is 8.51. The monoisotopic (exact) mass is 670 g/mol. The van der Waals surface area contributed by atoms with Crippen molar-refractivity contribution in [2.24, 2.45) is 0 Å². The zero-order valence-electron chi connectivity index (χ0n) is 25.7. The van der Waals surface area contributed by atoms with Gasteiger partial charge in [0.25, 0.3) is 5.91 Å². The average molecular weight is 671 g/mol. The lowest BCUT2D eigenvalue weighted by Crippen LogP contribution is -2.60. The smallest absolute Gasteiger partial charge is 0.387 e. The zero-order chi connectivity index (χ0) is 33.5. The summed E-state index contributed by atoms with van der Waals surface area (Å²) in [5.74, 6) is -1.05. The maximum absolute atomic E-state index is 13.4. The third-order valence-corrected chi connectivity index (χ3v) is 8.51. The maximum Gasteiger partial charge on any atom is 0.387 e. The van der Waals surface area contributed by atoms with Crippen molar-refractivity contribution in [2.75, 3.05) is 32.5 Å². The van der Waals surface area contributed by atoms with Crippen molar-refractivity contribution < 1.29 is 31.8 Å². The number of carbonyl (C=O) groups is 1. The summed E-state index contributed by atoms with van der Waals surface area (Å²) >= 11 is 0. The van der Waals surface area contributed by atoms with Crippen LogP contribution >= 0.6 is 0 Å². The van der Waals surface area contributed by atoms with Crippen LogP contribution < -0.4 is 14.8 Å². The van der Waals surface area contributed by atoms with Gasteiger partial charge in [-0.1, -0.05) is 0 Å². The molecular formula is C29H30F4N12O3. The molecule has 0 spiro atoms. The summed E-state index contributed by atoms with van der Waals surface area (Å²) in [5.41, 5.74) is 0.220. The standard InChI is InChI=1S/C29H30F4N12O3/c1-41(2)16-8-17(9-16)42-12-18(13-42)45-38-24(37-40-45)15-43-14-22(36-27(46)21-11-35-44-7-3-6-34-26(21)44)25(39-43)20-10-19(47-28(30)31)4-5-23(20)48-29(32)33/h3-7,10-11,14,16-18,28-29H,8-9,12-13,15H2,1-2H3,(H,36,46)/t16-,17+. The maximum atomic E-state index is 13.4. The number of benzene rings is 1. The van der Waals surface area contributed by atoms with E-state index < -0.39 is 19.1 Å². The Morgan fingerprint density at radius 2 is 1.88 bits per heavy atom. The summed E-state index contributed by atoms with van der Waals surface area (Å²) in [6.45, 7) is -4.81. The minimum Gasteiger partial charge on any atom is -0.435 e. The molecule has 48 heavy (non-hydrogen) atoms. The highest BCUT2D eigenvalue weighted by Crippen LogP contribution is 2.38. The molecule has 1 amide bonds. The van der Waals surface area contributed by atoms with Crippen LogP contribution in [0.1, 0.15) is 35.1 Å². The van der Waals surface area contributed by atoms with Crippen molar-refractivity contribution in [1.29, 1.82) is 0 Å². The first-order chi connectivity index (χ1) is 23.1. The largest absolute Gasteiger partial charge is 0.435 e. The first kappa shape index (κ1) is 31.4. The van der Waals surface area contributed by atoms with Crippen LogP contribution in [0.2, 0.25) is 0 Å². The van der Waals surface area contributed by atoms with Gasteiger partial charge in [0.1, 0.15) is 29.3 Å². The van der Waals surface area contributed by atoms with Crippen molar-refractivity contribution in [1.82, 2.24) is 54.4 Å². The van der Waals surface area contributed by atoms with Crippen LogP contribution in [0, 0.1) is 0 Å². The zero-order valence-corrected chi connectivity index (χ0v) is 25.7. The number of carbonyl (C=O) groups excluding carboxylic acids is 1. The van der Waals surface area contributed by atoms with Crippen molar-refractivity contribution in [2.45, 2.75) is 50.7 Å². The molecule has 5 aromatic rings. The van der Waals surface area contributed by atoms with Crippen LogP contribution in [0.25, 0.3) is 16.9 Å². The molecule has 0 atom stereocenters. The molecule has 1 saturated carbocycles. The number of anilines is 1. The fraction of sp³-hybridized carbons (Fsp3) is 0.414. The summed E-state index contributed by atoms with van der Waals surface area (Å²) < 4.78 is 64.9. The molecular weight excluding hydrogens is 640 g/mol. The van der Waals surface area contributed by atoms with Gasteiger partial charge in [0.05, 0.1) is 23.5 Å². The van der Waals surface area contributed by atoms with E-state index in [1.807, 2.05) is 0 Å². The number of hydrogen-bond donors (Lipinski definition) is 1. The number of fused-ring (bicyclic) bond motifs is 1. The van der Waals surface area contributed by atoms with Gasteiger partial charge in [0.15, 0.2) is 11.5 Å². The van der Waals surface area contributed by atoms with Gasteiger partial charge in [-0.2, -0.15) is 32.6 Å². The number of nitrogens with one attached hydrogen (secondary N) is 1. The number of amides is 1. The van der Waals surface area contributed by atoms with Gasteiger partial charge >= 0.3 is 13.2 Å². The van der Waals surface area contributed by atoms with E-state index >= 15 is 0 Å². The molecule has 4 aromatic heterocycles. The third kappa shape index (κ3) is 6.37. The molecule has 1 aliphatic carbocycles. The molecule has 1 aliphatic heterocycles. The lowest BCUT2D eigenvalue weighted by Gasteiger charge is -2.51. The van der Waals surface area contributed by atoms with Crippen molar-refractivity contribution in [3.63, 3.8) is 0 Å². The molecule has 252 valence electrons. The second-order valence-corrected chi connectivity index (χ2v) is 11.8. The fourth-order valence-electron chi connectivity index (χ4n) is 5.87. The lowest BCUT2D eigenvalue weighted by molar-refractivity contribution is -0.0526. The van der Waals surface area contributed by atoms with E-state index in [0.717, 1.165) is 44.1 Å². The molecule has 1 N–H and O–H groups in total. The molecule has 2 aliphatic rings. The van der Waals surface area contributed by atoms with Crippen LogP contribution in [0.15, 0.2) is 49.1 Å². The number of nitrogens with zero attached hydrogens (tertiary/aromatic N) is 11. The van der Waals surface area contributed by atoms with Gasteiger partial charge in [-0.25, -0.2) is 9.50 Å². The number of halogens is 4. The quantitative estimate of drug-likeness (QED) is 0.196. The minimum atomic E-state index is -3.24. The number of tetrazole rings is 1. The Bertz CT molecular complexity index is 1920. The number of likely N-dealkylation sites (tertiary alicyclic amines) is 1. The molecule has 0 bridgehead atoms. The molecule has 15 nitrogen and oxygen atoms in total. The molecule has 1 saturated heterocycles. The second-order valence-electron chi connectivity index (χ2n) is 11.8. The number of rotatable bonds is 12. The first-order valence-electron chi connectivity index (χ1n) is 15.0. The first-order valence-corrected chi connectivity index (χ1v) is 15.0. The van der Waals surface area contributed by atoms with Crippen LogP contribution in [0.5, 0.6) is 11.5 Å². The van der Waals surface area contributed by atoms with Gasteiger partial charge in [-0.15, -0.1) is 10.2 Å². The molecule has 7 rings (SSSR count). The van der Waals surface area contributed by atoms with E-state index in [4.69, 9.17) is 0 Å². The highest BCUT2D eigenvalue weighted by Gasteiger charge is 2.41. The van der Waals surface area contributed by atoms with E-state index in [1.165, 1.54) is 27.8 Å². The highest BCUT2D eigenvalue weighted by atomic mass is 19.3. The Balaban J connectivity index is 1.15. The topological polar surface area (TPSA) is 146 Å². The van der Waals surface area contributed by atoms with Crippen LogP contribution in [-0.4, -0.2) is 113 Å². The number of ether oxygens (including phenoxy) is 2. The summed E-state index contributed by atoms with van der Waals surface area (Å²) in [5, 5.41) is 24.2. The van der Waals surface area contributed by atoms with Crippen molar-refractivity contribution in [3.8, 4) is 22.8 Å². The minimum absolute atomic E-state index is 0.0109. The lowest BCUT2D eigenvalue weighted by atomic mass is 9.82. The normalized spacial score (nSPS) is 18.4. The molecule has 0 unspecified atom stereocenters. The second kappa shape index (κ2) is 12.8. The van der Waals surface area contributed by atoms with Crippen LogP contribution in [-0.2, 0) is 6.54 Å². The molecule has 5 heterocycles. The summed E-state index contributed by atoms with van der Waals surface area (Å²) in [6, 6.07) is 6.05.